The lowest BCUT2D eigenvalue weighted by Gasteiger charge is -2.06. The number of esters is 1. The summed E-state index contributed by atoms with van der Waals surface area (Å²) < 4.78 is 12.0. The Kier molecular flexibility index (Phi) is 3.73. The minimum absolute atomic E-state index is 0.0673. The second-order valence-corrected chi connectivity index (χ2v) is 5.42. The topological polar surface area (TPSA) is 73.8 Å². The highest BCUT2D eigenvalue weighted by Gasteiger charge is 2.15. The SMILES string of the molecule is Cc1ccc2nc(COC(=O)c3cc(C)oc3C)cc(=O)n2c1. The van der Waals surface area contributed by atoms with Gasteiger partial charge in [-0.3, -0.25) is 9.20 Å². The van der Waals surface area contributed by atoms with Crippen molar-refractivity contribution < 1.29 is 13.9 Å². The highest BCUT2D eigenvalue weighted by atomic mass is 16.5. The normalized spacial score (nSPS) is 10.9. The number of carbonyl (C=O) groups is 1. The molecule has 0 fully saturated rings. The van der Waals surface area contributed by atoms with Gasteiger partial charge in [0.2, 0.25) is 0 Å². The molecule has 3 aromatic rings. The molecule has 118 valence electrons. The van der Waals surface area contributed by atoms with E-state index in [1.165, 1.54) is 10.5 Å². The van der Waals surface area contributed by atoms with Crippen molar-refractivity contribution in [3.8, 4) is 0 Å². The first-order valence-corrected chi connectivity index (χ1v) is 7.17. The van der Waals surface area contributed by atoms with E-state index in [1.807, 2.05) is 13.0 Å². The smallest absolute Gasteiger partial charge is 0.342 e. The summed E-state index contributed by atoms with van der Waals surface area (Å²) in [5.41, 5.74) is 2.07. The zero-order valence-electron chi connectivity index (χ0n) is 13.1. The van der Waals surface area contributed by atoms with Crippen molar-refractivity contribution in [1.29, 1.82) is 0 Å². The second-order valence-electron chi connectivity index (χ2n) is 5.42. The van der Waals surface area contributed by atoms with E-state index < -0.39 is 5.97 Å². The quantitative estimate of drug-likeness (QED) is 0.695. The number of aryl methyl sites for hydroxylation is 3. The zero-order chi connectivity index (χ0) is 16.6. The van der Waals surface area contributed by atoms with Gasteiger partial charge in [-0.15, -0.1) is 0 Å². The molecule has 23 heavy (non-hydrogen) atoms. The molecule has 0 aromatic carbocycles. The lowest BCUT2D eigenvalue weighted by atomic mass is 10.2. The Bertz CT molecular complexity index is 953. The number of rotatable bonds is 3. The number of furan rings is 1. The number of hydrogen-bond acceptors (Lipinski definition) is 5. The summed E-state index contributed by atoms with van der Waals surface area (Å²) in [7, 11) is 0. The van der Waals surface area contributed by atoms with Crippen molar-refractivity contribution in [2.75, 3.05) is 0 Å². The minimum atomic E-state index is -0.495. The molecule has 0 spiro atoms. The van der Waals surface area contributed by atoms with Crippen molar-refractivity contribution in [3.63, 3.8) is 0 Å². The molecular formula is C17H16N2O4. The predicted octanol–water partition coefficient (Wildman–Crippen LogP) is 2.57. The summed E-state index contributed by atoms with van der Waals surface area (Å²) in [6.45, 7) is 5.29. The fourth-order valence-corrected chi connectivity index (χ4v) is 2.38. The maximum atomic E-state index is 12.1. The Labute approximate surface area is 132 Å². The summed E-state index contributed by atoms with van der Waals surface area (Å²) in [6, 6.07) is 6.62. The molecular weight excluding hydrogens is 296 g/mol. The monoisotopic (exact) mass is 312 g/mol. The average Bonchev–Trinajstić information content (AvgIpc) is 2.84. The van der Waals surface area contributed by atoms with Crippen LogP contribution in [0.25, 0.3) is 5.65 Å². The van der Waals surface area contributed by atoms with Gasteiger partial charge in [0.05, 0.1) is 5.69 Å². The molecule has 0 aliphatic rings. The lowest BCUT2D eigenvalue weighted by Crippen LogP contribution is -2.17. The van der Waals surface area contributed by atoms with Gasteiger partial charge in [-0.1, -0.05) is 6.07 Å². The van der Waals surface area contributed by atoms with Gasteiger partial charge >= 0.3 is 5.97 Å². The second kappa shape index (κ2) is 5.72. The summed E-state index contributed by atoms with van der Waals surface area (Å²) in [4.78, 5) is 28.5. The van der Waals surface area contributed by atoms with Crippen LogP contribution in [0.15, 0.2) is 39.7 Å². The molecule has 3 heterocycles. The molecule has 0 saturated heterocycles. The van der Waals surface area contributed by atoms with Crippen LogP contribution in [0.4, 0.5) is 0 Å². The molecule has 0 amide bonds. The van der Waals surface area contributed by atoms with Crippen LogP contribution in [0.1, 0.15) is 33.1 Å². The number of hydrogen-bond donors (Lipinski definition) is 0. The van der Waals surface area contributed by atoms with E-state index >= 15 is 0 Å². The van der Waals surface area contributed by atoms with Gasteiger partial charge in [0, 0.05) is 12.3 Å². The minimum Gasteiger partial charge on any atom is -0.466 e. The van der Waals surface area contributed by atoms with Gasteiger partial charge in [-0.2, -0.15) is 0 Å². The first kappa shape index (κ1) is 15.0. The lowest BCUT2D eigenvalue weighted by molar-refractivity contribution is 0.0465. The van der Waals surface area contributed by atoms with E-state index in [9.17, 15) is 9.59 Å². The molecule has 0 atom stereocenters. The molecule has 0 unspecified atom stereocenters. The molecule has 0 aliphatic heterocycles. The van der Waals surface area contributed by atoms with Gasteiger partial charge in [0.1, 0.15) is 29.3 Å². The Hall–Kier alpha value is -2.89. The highest BCUT2D eigenvalue weighted by molar-refractivity contribution is 5.90. The molecule has 0 radical (unpaired) electrons. The predicted molar refractivity (Wildman–Crippen MR) is 83.5 cm³/mol. The zero-order valence-corrected chi connectivity index (χ0v) is 13.1. The van der Waals surface area contributed by atoms with Crippen LogP contribution in [-0.4, -0.2) is 15.4 Å². The standard InChI is InChI=1S/C17H16N2O4/c1-10-4-5-15-18-13(7-16(20)19(15)8-10)9-22-17(21)14-6-11(2)23-12(14)3/h4-8H,9H2,1-3H3. The largest absolute Gasteiger partial charge is 0.466 e. The van der Waals surface area contributed by atoms with Gasteiger partial charge in [0.25, 0.3) is 5.56 Å². The Morgan fingerprint density at radius 1 is 1.26 bits per heavy atom. The van der Waals surface area contributed by atoms with Crippen LogP contribution in [0.3, 0.4) is 0 Å². The van der Waals surface area contributed by atoms with E-state index in [4.69, 9.17) is 9.15 Å². The summed E-state index contributed by atoms with van der Waals surface area (Å²) in [6.07, 6.45) is 1.72. The van der Waals surface area contributed by atoms with Crippen LogP contribution < -0.4 is 5.56 Å². The summed E-state index contributed by atoms with van der Waals surface area (Å²) >= 11 is 0. The van der Waals surface area contributed by atoms with E-state index in [1.54, 1.807) is 32.2 Å². The van der Waals surface area contributed by atoms with Crippen LogP contribution in [0.2, 0.25) is 0 Å². The van der Waals surface area contributed by atoms with Crippen molar-refractivity contribution in [2.24, 2.45) is 0 Å². The molecule has 6 heteroatoms. The third-order valence-electron chi connectivity index (χ3n) is 3.47. The van der Waals surface area contributed by atoms with Gasteiger partial charge in [-0.25, -0.2) is 9.78 Å². The Morgan fingerprint density at radius 3 is 2.74 bits per heavy atom. The fraction of sp³-hybridized carbons (Fsp3) is 0.235. The van der Waals surface area contributed by atoms with E-state index in [0.29, 0.717) is 28.4 Å². The van der Waals surface area contributed by atoms with Gasteiger partial charge in [0.15, 0.2) is 0 Å². The van der Waals surface area contributed by atoms with E-state index in [-0.39, 0.29) is 12.2 Å². The maximum Gasteiger partial charge on any atom is 0.342 e. The summed E-state index contributed by atoms with van der Waals surface area (Å²) in [5.74, 6) is 0.659. The van der Waals surface area contributed by atoms with E-state index in [2.05, 4.69) is 4.98 Å². The number of ether oxygens (including phenoxy) is 1. The number of aromatic nitrogens is 2. The van der Waals surface area contributed by atoms with Crippen molar-refractivity contribution in [2.45, 2.75) is 27.4 Å². The number of pyridine rings is 1. The Morgan fingerprint density at radius 2 is 2.04 bits per heavy atom. The molecule has 6 nitrogen and oxygen atoms in total. The first-order chi connectivity index (χ1) is 10.9. The number of carbonyl (C=O) groups excluding carboxylic acids is 1. The van der Waals surface area contributed by atoms with Crippen LogP contribution in [0, 0.1) is 20.8 Å². The average molecular weight is 312 g/mol. The van der Waals surface area contributed by atoms with Crippen molar-refractivity contribution in [1.82, 2.24) is 9.38 Å². The molecule has 0 bridgehead atoms. The third-order valence-corrected chi connectivity index (χ3v) is 3.47. The van der Waals surface area contributed by atoms with Crippen LogP contribution in [0.5, 0.6) is 0 Å². The molecule has 0 N–H and O–H groups in total. The molecule has 0 aliphatic carbocycles. The highest BCUT2D eigenvalue weighted by Crippen LogP contribution is 2.15. The summed E-state index contributed by atoms with van der Waals surface area (Å²) in [5, 5.41) is 0. The maximum absolute atomic E-state index is 12.1. The van der Waals surface area contributed by atoms with Crippen LogP contribution in [-0.2, 0) is 11.3 Å². The van der Waals surface area contributed by atoms with E-state index in [0.717, 1.165) is 5.56 Å². The third kappa shape index (κ3) is 3.01. The van der Waals surface area contributed by atoms with Gasteiger partial charge < -0.3 is 9.15 Å². The molecule has 3 rings (SSSR count). The Balaban J connectivity index is 1.82. The van der Waals surface area contributed by atoms with Crippen LogP contribution >= 0.6 is 0 Å². The molecule has 0 saturated carbocycles. The van der Waals surface area contributed by atoms with Gasteiger partial charge in [-0.05, 0) is 38.5 Å². The number of nitrogens with zero attached hydrogens (tertiary/aromatic N) is 2. The molecule has 3 aromatic heterocycles. The number of fused-ring (bicyclic) bond motifs is 1. The van der Waals surface area contributed by atoms with Crippen molar-refractivity contribution in [3.05, 3.63) is 69.2 Å². The van der Waals surface area contributed by atoms with Crippen molar-refractivity contribution >= 4 is 11.6 Å². The first-order valence-electron chi connectivity index (χ1n) is 7.17. The fourth-order valence-electron chi connectivity index (χ4n) is 2.38.